The molecule has 1 saturated heterocycles. The molecule has 0 aliphatic carbocycles. The summed E-state index contributed by atoms with van der Waals surface area (Å²) in [6.45, 7) is 7.10. The maximum atomic E-state index is 12.5. The van der Waals surface area contributed by atoms with Crippen LogP contribution in [0.15, 0.2) is 29.2 Å². The van der Waals surface area contributed by atoms with Crippen LogP contribution in [0.3, 0.4) is 0 Å². The quantitative estimate of drug-likeness (QED) is 0.757. The van der Waals surface area contributed by atoms with E-state index >= 15 is 0 Å². The highest BCUT2D eigenvalue weighted by molar-refractivity contribution is 8.00. The molecule has 0 atom stereocenters. The Kier molecular flexibility index (Phi) is 6.31. The fourth-order valence-electron chi connectivity index (χ4n) is 2.65. The van der Waals surface area contributed by atoms with Gasteiger partial charge in [-0.25, -0.2) is 0 Å². The molecule has 22 heavy (non-hydrogen) atoms. The number of thioether (sulfide) groups is 1. The molecule has 5 heteroatoms. The second-order valence-corrected chi connectivity index (χ2v) is 6.37. The molecule has 4 nitrogen and oxygen atoms in total. The highest BCUT2D eigenvalue weighted by atomic mass is 32.2. The molecule has 1 fully saturated rings. The molecule has 2 rings (SSSR count). The number of likely N-dealkylation sites (tertiary alicyclic amines) is 1. The predicted molar refractivity (Wildman–Crippen MR) is 90.2 cm³/mol. The number of nitrogens with zero attached hydrogens (tertiary/aromatic N) is 2. The molecule has 1 aromatic rings. The third kappa shape index (κ3) is 4.03. The van der Waals surface area contributed by atoms with Crippen molar-refractivity contribution in [2.24, 2.45) is 0 Å². The molecule has 0 bridgehead atoms. The molecule has 1 aliphatic heterocycles. The minimum absolute atomic E-state index is 0.0433. The van der Waals surface area contributed by atoms with E-state index in [2.05, 4.69) is 0 Å². The lowest BCUT2D eigenvalue weighted by molar-refractivity contribution is -0.127. The smallest absolute Gasteiger partial charge is 0.254 e. The van der Waals surface area contributed by atoms with Gasteiger partial charge in [0.05, 0.1) is 11.3 Å². The molecule has 1 heterocycles. The number of benzene rings is 1. The van der Waals surface area contributed by atoms with Crippen molar-refractivity contribution < 1.29 is 9.59 Å². The fourth-order valence-corrected chi connectivity index (χ4v) is 3.59. The van der Waals surface area contributed by atoms with E-state index < -0.39 is 0 Å². The van der Waals surface area contributed by atoms with Crippen molar-refractivity contribution in [2.45, 2.75) is 31.6 Å². The van der Waals surface area contributed by atoms with Crippen LogP contribution in [-0.4, -0.2) is 53.5 Å². The first-order valence-corrected chi connectivity index (χ1v) is 8.94. The van der Waals surface area contributed by atoms with E-state index in [1.807, 2.05) is 47.9 Å². The van der Waals surface area contributed by atoms with E-state index in [4.69, 9.17) is 0 Å². The van der Waals surface area contributed by atoms with Gasteiger partial charge in [-0.15, -0.1) is 11.8 Å². The Morgan fingerprint density at radius 1 is 1.14 bits per heavy atom. The Hall–Kier alpha value is -1.49. The maximum Gasteiger partial charge on any atom is 0.254 e. The Morgan fingerprint density at radius 3 is 2.41 bits per heavy atom. The molecule has 0 saturated carbocycles. The summed E-state index contributed by atoms with van der Waals surface area (Å²) in [6, 6.07) is 7.58. The molecular weight excluding hydrogens is 296 g/mol. The molecule has 0 aromatic heterocycles. The van der Waals surface area contributed by atoms with Crippen LogP contribution in [0.25, 0.3) is 0 Å². The average molecular weight is 320 g/mol. The third-order valence-electron chi connectivity index (χ3n) is 3.98. The fraction of sp³-hybridized carbons (Fsp3) is 0.529. The Labute approximate surface area is 136 Å². The number of hydrogen-bond donors (Lipinski definition) is 0. The SMILES string of the molecule is CCN(CC)C(=O)c1ccccc1SCC(=O)N1CCCC1. The summed E-state index contributed by atoms with van der Waals surface area (Å²) >= 11 is 1.47. The summed E-state index contributed by atoms with van der Waals surface area (Å²) in [5, 5.41) is 0. The van der Waals surface area contributed by atoms with E-state index in [1.54, 1.807) is 0 Å². The molecule has 1 aliphatic rings. The lowest BCUT2D eigenvalue weighted by Crippen LogP contribution is -2.31. The minimum atomic E-state index is 0.0433. The summed E-state index contributed by atoms with van der Waals surface area (Å²) < 4.78 is 0. The second kappa shape index (κ2) is 8.22. The Balaban J connectivity index is 2.04. The predicted octanol–water partition coefficient (Wildman–Crippen LogP) is 2.88. The number of rotatable bonds is 6. The van der Waals surface area contributed by atoms with Gasteiger partial charge >= 0.3 is 0 Å². The van der Waals surface area contributed by atoms with E-state index in [1.165, 1.54) is 11.8 Å². The van der Waals surface area contributed by atoms with Crippen LogP contribution in [-0.2, 0) is 4.79 Å². The minimum Gasteiger partial charge on any atom is -0.342 e. The van der Waals surface area contributed by atoms with Gasteiger partial charge in [0.15, 0.2) is 0 Å². The summed E-state index contributed by atoms with van der Waals surface area (Å²) in [5.74, 6) is 0.622. The lowest BCUT2D eigenvalue weighted by Gasteiger charge is -2.20. The standard InChI is InChI=1S/C17H24N2O2S/c1-3-18(4-2)17(21)14-9-5-6-10-15(14)22-13-16(20)19-11-7-8-12-19/h5-6,9-10H,3-4,7-8,11-13H2,1-2H3. The van der Waals surface area contributed by atoms with Gasteiger partial charge in [-0.05, 0) is 38.8 Å². The van der Waals surface area contributed by atoms with Crippen LogP contribution in [0.4, 0.5) is 0 Å². The highest BCUT2D eigenvalue weighted by Crippen LogP contribution is 2.25. The Bertz CT molecular complexity index is 523. The van der Waals surface area contributed by atoms with Crippen LogP contribution in [0.1, 0.15) is 37.0 Å². The Morgan fingerprint density at radius 2 is 1.77 bits per heavy atom. The van der Waals surface area contributed by atoms with Gasteiger partial charge in [-0.2, -0.15) is 0 Å². The topological polar surface area (TPSA) is 40.6 Å². The van der Waals surface area contributed by atoms with Gasteiger partial charge in [0, 0.05) is 31.1 Å². The summed E-state index contributed by atoms with van der Waals surface area (Å²) in [6.07, 6.45) is 2.21. The van der Waals surface area contributed by atoms with Crippen LogP contribution in [0, 0.1) is 0 Å². The van der Waals surface area contributed by atoms with Crippen LogP contribution in [0.5, 0.6) is 0 Å². The highest BCUT2D eigenvalue weighted by Gasteiger charge is 2.20. The summed E-state index contributed by atoms with van der Waals surface area (Å²) in [7, 11) is 0. The van der Waals surface area contributed by atoms with Crippen molar-refractivity contribution in [1.82, 2.24) is 9.80 Å². The normalized spacial score (nSPS) is 14.2. The first-order valence-electron chi connectivity index (χ1n) is 7.96. The van der Waals surface area contributed by atoms with Gasteiger partial charge < -0.3 is 9.80 Å². The molecule has 1 aromatic carbocycles. The number of hydrogen-bond acceptors (Lipinski definition) is 3. The van der Waals surface area contributed by atoms with Crippen molar-refractivity contribution >= 4 is 23.6 Å². The van der Waals surface area contributed by atoms with Crippen molar-refractivity contribution in [2.75, 3.05) is 31.9 Å². The van der Waals surface area contributed by atoms with Crippen molar-refractivity contribution in [3.63, 3.8) is 0 Å². The third-order valence-corrected chi connectivity index (χ3v) is 5.04. The number of amides is 2. The lowest BCUT2D eigenvalue weighted by atomic mass is 10.2. The molecule has 0 spiro atoms. The van der Waals surface area contributed by atoms with Crippen LogP contribution < -0.4 is 0 Å². The number of carbonyl (C=O) groups is 2. The first-order chi connectivity index (χ1) is 10.7. The van der Waals surface area contributed by atoms with Gasteiger partial charge in [0.25, 0.3) is 5.91 Å². The number of carbonyl (C=O) groups excluding carboxylic acids is 2. The van der Waals surface area contributed by atoms with Crippen LogP contribution in [0.2, 0.25) is 0 Å². The van der Waals surface area contributed by atoms with Crippen LogP contribution >= 0.6 is 11.8 Å². The zero-order valence-corrected chi connectivity index (χ0v) is 14.2. The molecule has 0 N–H and O–H groups in total. The maximum absolute atomic E-state index is 12.5. The first kappa shape index (κ1) is 16.9. The van der Waals surface area contributed by atoms with Gasteiger partial charge in [-0.3, -0.25) is 9.59 Å². The molecule has 0 unspecified atom stereocenters. The van der Waals surface area contributed by atoms with E-state index in [0.29, 0.717) is 24.4 Å². The molecule has 2 amide bonds. The van der Waals surface area contributed by atoms with E-state index in [9.17, 15) is 9.59 Å². The average Bonchev–Trinajstić information content (AvgIpc) is 3.08. The monoisotopic (exact) mass is 320 g/mol. The molecular formula is C17H24N2O2S. The molecule has 0 radical (unpaired) electrons. The zero-order valence-electron chi connectivity index (χ0n) is 13.4. The van der Waals surface area contributed by atoms with Gasteiger partial charge in [-0.1, -0.05) is 12.1 Å². The van der Waals surface area contributed by atoms with Gasteiger partial charge in [0.2, 0.25) is 5.91 Å². The second-order valence-electron chi connectivity index (χ2n) is 5.35. The summed E-state index contributed by atoms with van der Waals surface area (Å²) in [4.78, 5) is 29.3. The molecule has 120 valence electrons. The largest absolute Gasteiger partial charge is 0.342 e. The summed E-state index contributed by atoms with van der Waals surface area (Å²) in [5.41, 5.74) is 0.699. The van der Waals surface area contributed by atoms with E-state index in [-0.39, 0.29) is 11.8 Å². The van der Waals surface area contributed by atoms with Crippen molar-refractivity contribution in [3.8, 4) is 0 Å². The van der Waals surface area contributed by atoms with Crippen molar-refractivity contribution in [1.29, 1.82) is 0 Å². The van der Waals surface area contributed by atoms with E-state index in [0.717, 1.165) is 30.8 Å². The zero-order chi connectivity index (χ0) is 15.9. The van der Waals surface area contributed by atoms with Crippen molar-refractivity contribution in [3.05, 3.63) is 29.8 Å². The van der Waals surface area contributed by atoms with Gasteiger partial charge in [0.1, 0.15) is 0 Å².